The number of benzene rings is 3. The van der Waals surface area contributed by atoms with Gasteiger partial charge in [-0.05, 0) is 67.6 Å². The van der Waals surface area contributed by atoms with Crippen LogP contribution in [0.15, 0.2) is 66.7 Å². The minimum absolute atomic E-state index is 0.116. The second kappa shape index (κ2) is 12.4. The molecule has 3 aromatic carbocycles. The highest BCUT2D eigenvalue weighted by atomic mass is 16.6. The molecule has 1 atom stereocenters. The van der Waals surface area contributed by atoms with Crippen LogP contribution in [0.2, 0.25) is 0 Å². The smallest absolute Gasteiger partial charge is 0.343 e. The number of anilines is 1. The van der Waals surface area contributed by atoms with Crippen molar-refractivity contribution in [1.82, 2.24) is 0 Å². The molecule has 0 fully saturated rings. The average molecular weight is 480 g/mol. The largest absolute Gasteiger partial charge is 0.493 e. The van der Waals surface area contributed by atoms with Crippen LogP contribution in [0.3, 0.4) is 0 Å². The van der Waals surface area contributed by atoms with Crippen LogP contribution in [0.25, 0.3) is 0 Å². The van der Waals surface area contributed by atoms with E-state index in [0.717, 1.165) is 12.1 Å². The topological polar surface area (TPSA) is 92.3 Å². The molecule has 184 valence electrons. The zero-order valence-corrected chi connectivity index (χ0v) is 20.2. The third kappa shape index (κ3) is 7.22. The predicted molar refractivity (Wildman–Crippen MR) is 132 cm³/mol. The molecule has 3 aromatic rings. The van der Waals surface area contributed by atoms with E-state index in [-0.39, 0.29) is 6.10 Å². The number of hydrogen-bond donors (Lipinski definition) is 1. The Balaban J connectivity index is 1.56. The first-order valence-electron chi connectivity index (χ1n) is 11.1. The summed E-state index contributed by atoms with van der Waals surface area (Å²) in [5, 5.41) is 2.99. The minimum atomic E-state index is -0.561. The molecule has 0 heterocycles. The number of rotatable bonds is 11. The van der Waals surface area contributed by atoms with Gasteiger partial charge in [0.2, 0.25) is 0 Å². The van der Waals surface area contributed by atoms with E-state index in [4.69, 9.17) is 23.7 Å². The Morgan fingerprint density at radius 2 is 1.40 bits per heavy atom. The van der Waals surface area contributed by atoms with Gasteiger partial charge in [0.05, 0.1) is 30.9 Å². The molecular weight excluding hydrogens is 450 g/mol. The maximum Gasteiger partial charge on any atom is 0.343 e. The van der Waals surface area contributed by atoms with E-state index < -0.39 is 11.9 Å². The number of carbonyl (C=O) groups is 2. The van der Waals surface area contributed by atoms with Crippen LogP contribution < -0.4 is 24.3 Å². The van der Waals surface area contributed by atoms with Crippen LogP contribution in [-0.2, 0) is 4.74 Å². The lowest BCUT2D eigenvalue weighted by molar-refractivity contribution is 0.0727. The van der Waals surface area contributed by atoms with Crippen molar-refractivity contribution in [2.75, 3.05) is 33.2 Å². The van der Waals surface area contributed by atoms with Crippen molar-refractivity contribution >= 4 is 17.6 Å². The van der Waals surface area contributed by atoms with Crippen molar-refractivity contribution in [3.05, 3.63) is 77.9 Å². The molecule has 8 heteroatoms. The molecule has 0 bridgehead atoms. The molecule has 0 amide bonds. The highest BCUT2D eigenvalue weighted by Crippen LogP contribution is 2.30. The summed E-state index contributed by atoms with van der Waals surface area (Å²) in [5.74, 6) is 0.605. The van der Waals surface area contributed by atoms with Crippen molar-refractivity contribution in [2.45, 2.75) is 19.4 Å². The summed E-state index contributed by atoms with van der Waals surface area (Å²) < 4.78 is 27.0. The van der Waals surface area contributed by atoms with Gasteiger partial charge < -0.3 is 29.0 Å². The normalized spacial score (nSPS) is 11.3. The van der Waals surface area contributed by atoms with Crippen molar-refractivity contribution in [1.29, 1.82) is 0 Å². The molecule has 0 radical (unpaired) electrons. The van der Waals surface area contributed by atoms with Gasteiger partial charge in [-0.25, -0.2) is 9.59 Å². The van der Waals surface area contributed by atoms with Crippen LogP contribution in [0, 0.1) is 0 Å². The fourth-order valence-corrected chi connectivity index (χ4v) is 3.04. The molecule has 1 unspecified atom stereocenters. The summed E-state index contributed by atoms with van der Waals surface area (Å²) in [6.45, 7) is 2.49. The Hall–Kier alpha value is -4.04. The van der Waals surface area contributed by atoms with E-state index in [1.54, 1.807) is 56.6 Å². The summed E-state index contributed by atoms with van der Waals surface area (Å²) in [6, 6.07) is 18.0. The zero-order valence-electron chi connectivity index (χ0n) is 20.2. The minimum Gasteiger partial charge on any atom is -0.493 e. The van der Waals surface area contributed by atoms with Crippen LogP contribution in [0.4, 0.5) is 5.69 Å². The van der Waals surface area contributed by atoms with Crippen molar-refractivity contribution in [3.63, 3.8) is 0 Å². The number of hydrogen-bond acceptors (Lipinski definition) is 8. The molecule has 0 aliphatic rings. The lowest BCUT2D eigenvalue weighted by atomic mass is 10.2. The molecule has 3 rings (SSSR count). The van der Waals surface area contributed by atoms with Crippen LogP contribution >= 0.6 is 0 Å². The Labute approximate surface area is 204 Å². The van der Waals surface area contributed by atoms with Crippen LogP contribution in [-0.4, -0.2) is 45.9 Å². The number of esters is 2. The predicted octanol–water partition coefficient (Wildman–Crippen LogP) is 4.98. The van der Waals surface area contributed by atoms with E-state index >= 15 is 0 Å². The quantitative estimate of drug-likeness (QED) is 0.304. The molecule has 0 aliphatic heterocycles. The van der Waals surface area contributed by atoms with Gasteiger partial charge in [0, 0.05) is 32.3 Å². The molecule has 0 saturated carbocycles. The third-order valence-corrected chi connectivity index (χ3v) is 5.24. The van der Waals surface area contributed by atoms with Gasteiger partial charge in [-0.2, -0.15) is 0 Å². The number of nitrogens with one attached hydrogen (secondary N) is 1. The van der Waals surface area contributed by atoms with Crippen LogP contribution in [0.5, 0.6) is 23.0 Å². The Kier molecular flexibility index (Phi) is 9.09. The second-order valence-electron chi connectivity index (χ2n) is 7.63. The zero-order chi connectivity index (χ0) is 25.2. The van der Waals surface area contributed by atoms with Crippen molar-refractivity contribution in [3.8, 4) is 23.0 Å². The number of ether oxygens (including phenoxy) is 5. The molecule has 35 heavy (non-hydrogen) atoms. The van der Waals surface area contributed by atoms with E-state index in [1.165, 1.54) is 31.4 Å². The van der Waals surface area contributed by atoms with Gasteiger partial charge in [0.1, 0.15) is 11.5 Å². The Morgan fingerprint density at radius 1 is 0.800 bits per heavy atom. The molecule has 8 nitrogen and oxygen atoms in total. The lowest BCUT2D eigenvalue weighted by Gasteiger charge is -2.11. The van der Waals surface area contributed by atoms with Gasteiger partial charge in [-0.15, -0.1) is 0 Å². The van der Waals surface area contributed by atoms with Gasteiger partial charge >= 0.3 is 11.9 Å². The van der Waals surface area contributed by atoms with E-state index in [0.29, 0.717) is 40.7 Å². The maximum atomic E-state index is 12.5. The Morgan fingerprint density at radius 3 is 1.97 bits per heavy atom. The third-order valence-electron chi connectivity index (χ3n) is 5.24. The fraction of sp³-hybridized carbons (Fsp3) is 0.259. The maximum absolute atomic E-state index is 12.5. The SMILES string of the molecule is CNc1ccc(OC(=O)c2ccc(OC(=O)c3ccc(OCCC(C)OC)cc3)cc2)c(OC)c1. The second-order valence-corrected chi connectivity index (χ2v) is 7.63. The van der Waals surface area contributed by atoms with Gasteiger partial charge in [0.15, 0.2) is 11.5 Å². The standard InChI is InChI=1S/C27H29NO7/c1-18(31-3)15-16-33-22-10-5-19(6-11-22)26(29)34-23-12-7-20(8-13-23)27(30)35-24-14-9-21(28-2)17-25(24)32-4/h5-14,17-18,28H,15-16H2,1-4H3. The highest BCUT2D eigenvalue weighted by Gasteiger charge is 2.14. The summed E-state index contributed by atoms with van der Waals surface area (Å²) in [4.78, 5) is 25.0. The number of carbonyl (C=O) groups excluding carboxylic acids is 2. The van der Waals surface area contributed by atoms with E-state index in [1.807, 2.05) is 6.92 Å². The molecule has 0 saturated heterocycles. The molecule has 0 aliphatic carbocycles. The first kappa shape index (κ1) is 25.6. The molecule has 0 spiro atoms. The van der Waals surface area contributed by atoms with Gasteiger partial charge in [-0.3, -0.25) is 0 Å². The molecule has 0 aromatic heterocycles. The molecule has 1 N–H and O–H groups in total. The lowest BCUT2D eigenvalue weighted by Crippen LogP contribution is -2.11. The van der Waals surface area contributed by atoms with E-state index in [2.05, 4.69) is 5.32 Å². The summed E-state index contributed by atoms with van der Waals surface area (Å²) in [7, 11) is 4.94. The Bertz CT molecular complexity index is 1130. The van der Waals surface area contributed by atoms with E-state index in [9.17, 15) is 9.59 Å². The van der Waals surface area contributed by atoms with Gasteiger partial charge in [-0.1, -0.05) is 0 Å². The highest BCUT2D eigenvalue weighted by molar-refractivity contribution is 5.93. The monoisotopic (exact) mass is 479 g/mol. The first-order valence-corrected chi connectivity index (χ1v) is 11.1. The first-order chi connectivity index (χ1) is 16.9. The fourth-order valence-electron chi connectivity index (χ4n) is 3.04. The number of methoxy groups -OCH3 is 2. The summed E-state index contributed by atoms with van der Waals surface area (Å²) in [6.07, 6.45) is 0.880. The summed E-state index contributed by atoms with van der Waals surface area (Å²) in [5.41, 5.74) is 1.50. The summed E-state index contributed by atoms with van der Waals surface area (Å²) >= 11 is 0. The average Bonchev–Trinajstić information content (AvgIpc) is 2.89. The van der Waals surface area contributed by atoms with Crippen molar-refractivity contribution < 1.29 is 33.3 Å². The van der Waals surface area contributed by atoms with Gasteiger partial charge in [0.25, 0.3) is 0 Å². The van der Waals surface area contributed by atoms with Crippen LogP contribution in [0.1, 0.15) is 34.1 Å². The van der Waals surface area contributed by atoms with Crippen molar-refractivity contribution in [2.24, 2.45) is 0 Å². The molecular formula is C27H29NO7.